The quantitative estimate of drug-likeness (QED) is 0.716. The first-order valence-corrected chi connectivity index (χ1v) is 9.45. The third kappa shape index (κ3) is 5.61. The number of carbonyl (C=O) groups excluding carboxylic acids is 2. The highest BCUT2D eigenvalue weighted by atomic mass is 35.5. The fourth-order valence-electron chi connectivity index (χ4n) is 2.86. The van der Waals surface area contributed by atoms with Crippen molar-refractivity contribution in [1.82, 2.24) is 4.90 Å². The number of halogens is 4. The van der Waals surface area contributed by atoms with Crippen LogP contribution >= 0.6 is 11.6 Å². The van der Waals surface area contributed by atoms with Crippen molar-refractivity contribution in [2.24, 2.45) is 0 Å². The van der Waals surface area contributed by atoms with Crippen LogP contribution in [0.4, 0.5) is 18.9 Å². The summed E-state index contributed by atoms with van der Waals surface area (Å²) < 4.78 is 43.9. The van der Waals surface area contributed by atoms with Gasteiger partial charge in [0.2, 0.25) is 5.91 Å². The molecule has 1 N–H and O–H groups in total. The Morgan fingerprint density at radius 2 is 1.73 bits per heavy atom. The third-order valence-corrected chi connectivity index (χ3v) is 4.75. The van der Waals surface area contributed by atoms with E-state index in [0.29, 0.717) is 37.6 Å². The van der Waals surface area contributed by atoms with E-state index in [4.69, 9.17) is 16.3 Å². The maximum absolute atomic E-state index is 12.9. The van der Waals surface area contributed by atoms with E-state index in [-0.39, 0.29) is 11.5 Å². The number of carbonyl (C=O) groups is 2. The van der Waals surface area contributed by atoms with Crippen molar-refractivity contribution >= 4 is 35.2 Å². The van der Waals surface area contributed by atoms with E-state index in [1.165, 1.54) is 12.1 Å². The average molecular weight is 439 g/mol. The Kier molecular flexibility index (Phi) is 6.79. The van der Waals surface area contributed by atoms with E-state index in [1.54, 1.807) is 29.2 Å². The second kappa shape index (κ2) is 9.32. The van der Waals surface area contributed by atoms with Gasteiger partial charge in [-0.15, -0.1) is 0 Å². The Balaban J connectivity index is 1.61. The van der Waals surface area contributed by atoms with Gasteiger partial charge < -0.3 is 15.0 Å². The summed E-state index contributed by atoms with van der Waals surface area (Å²) in [6, 6.07) is 9.77. The van der Waals surface area contributed by atoms with Crippen molar-refractivity contribution in [2.75, 3.05) is 31.6 Å². The van der Waals surface area contributed by atoms with Gasteiger partial charge in [0.05, 0.1) is 23.8 Å². The summed E-state index contributed by atoms with van der Waals surface area (Å²) in [6.45, 7) is 2.07. The molecule has 0 spiro atoms. The summed E-state index contributed by atoms with van der Waals surface area (Å²) in [4.78, 5) is 26.2. The number of nitrogens with one attached hydrogen (secondary N) is 1. The van der Waals surface area contributed by atoms with Crippen LogP contribution in [-0.2, 0) is 15.7 Å². The summed E-state index contributed by atoms with van der Waals surface area (Å²) in [5.41, 5.74) is 0.169. The van der Waals surface area contributed by atoms with E-state index >= 15 is 0 Å². The lowest BCUT2D eigenvalue weighted by molar-refractivity contribution is -0.137. The lowest BCUT2D eigenvalue weighted by Crippen LogP contribution is -2.40. The molecular weight excluding hydrogens is 421 g/mol. The van der Waals surface area contributed by atoms with Crippen molar-refractivity contribution in [1.29, 1.82) is 0 Å². The minimum Gasteiger partial charge on any atom is -0.378 e. The van der Waals surface area contributed by atoms with Gasteiger partial charge in [-0.05, 0) is 48.0 Å². The van der Waals surface area contributed by atoms with Gasteiger partial charge in [0.25, 0.3) is 5.91 Å². The molecular formula is C21H18ClF3N2O3. The summed E-state index contributed by atoms with van der Waals surface area (Å²) in [6.07, 6.45) is -2.20. The number of morpholine rings is 1. The zero-order valence-electron chi connectivity index (χ0n) is 15.7. The molecule has 0 aromatic heterocycles. The molecule has 5 nitrogen and oxygen atoms in total. The molecule has 2 amide bonds. The Hall–Kier alpha value is -2.84. The molecule has 2 aromatic carbocycles. The topological polar surface area (TPSA) is 58.6 Å². The summed E-state index contributed by atoms with van der Waals surface area (Å²) in [7, 11) is 0. The number of hydrogen-bond donors (Lipinski definition) is 1. The minimum atomic E-state index is -4.58. The molecule has 158 valence electrons. The maximum Gasteiger partial charge on any atom is 0.417 e. The van der Waals surface area contributed by atoms with E-state index in [9.17, 15) is 22.8 Å². The van der Waals surface area contributed by atoms with Crippen LogP contribution in [0.3, 0.4) is 0 Å². The van der Waals surface area contributed by atoms with Gasteiger partial charge in [0.15, 0.2) is 0 Å². The highest BCUT2D eigenvalue weighted by Gasteiger charge is 2.33. The number of anilines is 1. The average Bonchev–Trinajstić information content (AvgIpc) is 2.73. The third-order valence-electron chi connectivity index (χ3n) is 4.42. The monoisotopic (exact) mass is 438 g/mol. The SMILES string of the molecule is O=C(/C=C/c1ccc(Cl)c(C(F)(F)F)c1)Nc1ccc(C(=O)N2CCOCC2)cc1. The number of alkyl halides is 3. The van der Waals surface area contributed by atoms with Gasteiger partial charge in [-0.3, -0.25) is 9.59 Å². The highest BCUT2D eigenvalue weighted by Crippen LogP contribution is 2.35. The predicted molar refractivity (Wildman–Crippen MR) is 107 cm³/mol. The van der Waals surface area contributed by atoms with Crippen LogP contribution in [0, 0.1) is 0 Å². The molecule has 0 unspecified atom stereocenters. The molecule has 1 heterocycles. The van der Waals surface area contributed by atoms with Crippen molar-refractivity contribution < 1.29 is 27.5 Å². The molecule has 0 bridgehead atoms. The first-order chi connectivity index (χ1) is 14.2. The Bertz CT molecular complexity index is 953. The number of nitrogens with zero attached hydrogens (tertiary/aromatic N) is 1. The highest BCUT2D eigenvalue weighted by molar-refractivity contribution is 6.31. The molecule has 1 saturated heterocycles. The zero-order chi connectivity index (χ0) is 21.7. The fourth-order valence-corrected chi connectivity index (χ4v) is 3.09. The van der Waals surface area contributed by atoms with Gasteiger partial charge in [0, 0.05) is 30.4 Å². The molecule has 0 saturated carbocycles. The molecule has 30 heavy (non-hydrogen) atoms. The second-order valence-electron chi connectivity index (χ2n) is 6.54. The largest absolute Gasteiger partial charge is 0.417 e. The fraction of sp³-hybridized carbons (Fsp3) is 0.238. The lowest BCUT2D eigenvalue weighted by atomic mass is 10.1. The van der Waals surface area contributed by atoms with Gasteiger partial charge >= 0.3 is 6.18 Å². The van der Waals surface area contributed by atoms with E-state index in [2.05, 4.69) is 5.32 Å². The number of rotatable bonds is 4. The molecule has 1 fully saturated rings. The van der Waals surface area contributed by atoms with Gasteiger partial charge in [-0.25, -0.2) is 0 Å². The number of benzene rings is 2. The van der Waals surface area contributed by atoms with Gasteiger partial charge in [-0.2, -0.15) is 13.2 Å². The van der Waals surface area contributed by atoms with Crippen molar-refractivity contribution in [3.8, 4) is 0 Å². The summed E-state index contributed by atoms with van der Waals surface area (Å²) in [5.74, 6) is -0.634. The normalized spacial score (nSPS) is 14.7. The van der Waals surface area contributed by atoms with Crippen LogP contribution in [0.5, 0.6) is 0 Å². The molecule has 2 aromatic rings. The molecule has 1 aliphatic heterocycles. The lowest BCUT2D eigenvalue weighted by Gasteiger charge is -2.26. The maximum atomic E-state index is 12.9. The first kappa shape index (κ1) is 21.9. The van der Waals surface area contributed by atoms with Crippen molar-refractivity contribution in [3.63, 3.8) is 0 Å². The molecule has 0 aliphatic carbocycles. The zero-order valence-corrected chi connectivity index (χ0v) is 16.5. The Labute approximate surface area is 176 Å². The molecule has 1 aliphatic rings. The van der Waals surface area contributed by atoms with Gasteiger partial charge in [0.1, 0.15) is 0 Å². The smallest absolute Gasteiger partial charge is 0.378 e. The van der Waals surface area contributed by atoms with Crippen LogP contribution in [0.15, 0.2) is 48.5 Å². The summed E-state index contributed by atoms with van der Waals surface area (Å²) >= 11 is 5.58. The van der Waals surface area contributed by atoms with Crippen molar-refractivity contribution in [3.05, 3.63) is 70.3 Å². The minimum absolute atomic E-state index is 0.112. The number of hydrogen-bond acceptors (Lipinski definition) is 3. The molecule has 9 heteroatoms. The van der Waals surface area contributed by atoms with Crippen LogP contribution in [-0.4, -0.2) is 43.0 Å². The standard InChI is InChI=1S/C21H18ClF3N2O3/c22-18-7-1-14(13-17(18)21(23,24)25)2-8-19(28)26-16-5-3-15(4-6-16)20(29)27-9-11-30-12-10-27/h1-8,13H,9-12H2,(H,26,28)/b8-2+. The Morgan fingerprint density at radius 3 is 2.37 bits per heavy atom. The first-order valence-electron chi connectivity index (χ1n) is 9.07. The van der Waals surface area contributed by atoms with E-state index in [0.717, 1.165) is 18.2 Å². The van der Waals surface area contributed by atoms with Crippen LogP contribution in [0.25, 0.3) is 6.08 Å². The van der Waals surface area contributed by atoms with Gasteiger partial charge in [-0.1, -0.05) is 17.7 Å². The number of ether oxygens (including phenoxy) is 1. The molecule has 3 rings (SSSR count). The number of amides is 2. The van der Waals surface area contributed by atoms with Crippen LogP contribution < -0.4 is 5.32 Å². The predicted octanol–water partition coefficient (Wildman–Crippen LogP) is 4.48. The molecule has 0 radical (unpaired) electrons. The summed E-state index contributed by atoms with van der Waals surface area (Å²) in [5, 5.41) is 2.19. The van der Waals surface area contributed by atoms with Crippen molar-refractivity contribution in [2.45, 2.75) is 6.18 Å². The second-order valence-corrected chi connectivity index (χ2v) is 6.95. The molecule has 0 atom stereocenters. The van der Waals surface area contributed by atoms with E-state index in [1.807, 2.05) is 0 Å². The van der Waals surface area contributed by atoms with E-state index < -0.39 is 22.7 Å². The Morgan fingerprint density at radius 1 is 1.07 bits per heavy atom. The van der Waals surface area contributed by atoms with Crippen LogP contribution in [0.2, 0.25) is 5.02 Å². The van der Waals surface area contributed by atoms with Crippen LogP contribution in [0.1, 0.15) is 21.5 Å².